The normalized spacial score (nSPS) is 15.7. The lowest BCUT2D eigenvalue weighted by Gasteiger charge is -2.37. The number of carbonyl (C=O) groups excluding carboxylic acids is 1. The molecule has 2 N–H and O–H groups in total. The maximum Gasteiger partial charge on any atom is 0.256 e. The highest BCUT2D eigenvalue weighted by Crippen LogP contribution is 2.21. The number of nitrogens with zero attached hydrogens (tertiary/aromatic N) is 4. The van der Waals surface area contributed by atoms with E-state index in [1.807, 2.05) is 24.0 Å². The van der Waals surface area contributed by atoms with Crippen LogP contribution in [-0.2, 0) is 6.42 Å². The van der Waals surface area contributed by atoms with Crippen molar-refractivity contribution in [2.45, 2.75) is 26.3 Å². The number of aromatic nitrogens is 2. The van der Waals surface area contributed by atoms with Gasteiger partial charge in [0, 0.05) is 38.3 Å². The van der Waals surface area contributed by atoms with Gasteiger partial charge in [-0.1, -0.05) is 24.2 Å². The second kappa shape index (κ2) is 9.75. The summed E-state index contributed by atoms with van der Waals surface area (Å²) in [6.07, 6.45) is 0.761. The summed E-state index contributed by atoms with van der Waals surface area (Å²) in [4.78, 5) is 21.1. The molecule has 1 unspecified atom stereocenters. The molecule has 1 aromatic carbocycles. The van der Waals surface area contributed by atoms with Gasteiger partial charge >= 0.3 is 0 Å². The van der Waals surface area contributed by atoms with Gasteiger partial charge in [-0.05, 0) is 19.1 Å². The van der Waals surface area contributed by atoms with E-state index >= 15 is 0 Å². The topological polar surface area (TPSA) is 88.5 Å². The Hall–Kier alpha value is -1.83. The molecule has 26 heavy (non-hydrogen) atoms. The number of nitrogen functional groups attached to an aromatic ring is 1. The average Bonchev–Trinajstić information content (AvgIpc) is 3.10. The van der Waals surface area contributed by atoms with Gasteiger partial charge in [-0.25, -0.2) is 0 Å². The number of amides is 1. The van der Waals surface area contributed by atoms with Crippen LogP contribution in [0.3, 0.4) is 0 Å². The summed E-state index contributed by atoms with van der Waals surface area (Å²) in [5.74, 6) is 1.36. The first-order valence-corrected chi connectivity index (χ1v) is 8.30. The van der Waals surface area contributed by atoms with Crippen LogP contribution in [0.4, 0.5) is 5.69 Å². The number of carbonyl (C=O) groups is 1. The van der Waals surface area contributed by atoms with Crippen molar-refractivity contribution in [2.75, 3.05) is 31.9 Å². The van der Waals surface area contributed by atoms with Crippen molar-refractivity contribution >= 4 is 36.4 Å². The number of hydrogen-bond donors (Lipinski definition) is 1. The van der Waals surface area contributed by atoms with E-state index in [4.69, 9.17) is 10.3 Å². The van der Waals surface area contributed by atoms with Crippen molar-refractivity contribution in [2.24, 2.45) is 0 Å². The third kappa shape index (κ3) is 4.66. The monoisotopic (exact) mass is 401 g/mol. The SMILES string of the molecule is CCc1noc(C(C)N2CCN(C(=O)c3ccccc3N)CC2)n1.Cl.Cl. The first kappa shape index (κ1) is 22.2. The molecule has 1 atom stereocenters. The summed E-state index contributed by atoms with van der Waals surface area (Å²) in [5.41, 5.74) is 7.01. The van der Waals surface area contributed by atoms with E-state index in [-0.39, 0.29) is 36.8 Å². The fourth-order valence-electron chi connectivity index (χ4n) is 2.91. The minimum Gasteiger partial charge on any atom is -0.398 e. The average molecular weight is 402 g/mol. The van der Waals surface area contributed by atoms with Crippen LogP contribution < -0.4 is 5.73 Å². The minimum absolute atomic E-state index is 0. The molecule has 9 heteroatoms. The van der Waals surface area contributed by atoms with Crippen LogP contribution in [0, 0.1) is 0 Å². The van der Waals surface area contributed by atoms with Crippen LogP contribution >= 0.6 is 24.8 Å². The minimum atomic E-state index is -0.00791. The molecular weight excluding hydrogens is 377 g/mol. The van der Waals surface area contributed by atoms with E-state index in [9.17, 15) is 4.79 Å². The fourth-order valence-corrected chi connectivity index (χ4v) is 2.91. The third-order valence-electron chi connectivity index (χ3n) is 4.50. The van der Waals surface area contributed by atoms with E-state index in [1.165, 1.54) is 0 Å². The van der Waals surface area contributed by atoms with Crippen molar-refractivity contribution in [3.05, 3.63) is 41.5 Å². The number of halogens is 2. The Labute approximate surface area is 165 Å². The van der Waals surface area contributed by atoms with Crippen LogP contribution in [0.25, 0.3) is 0 Å². The van der Waals surface area contributed by atoms with Gasteiger partial charge in [0.05, 0.1) is 11.6 Å². The first-order chi connectivity index (χ1) is 11.6. The number of anilines is 1. The second-order valence-electron chi connectivity index (χ2n) is 5.99. The third-order valence-corrected chi connectivity index (χ3v) is 4.50. The molecule has 3 rings (SSSR count). The summed E-state index contributed by atoms with van der Waals surface area (Å²) in [6, 6.07) is 7.25. The van der Waals surface area contributed by atoms with Crippen molar-refractivity contribution in [3.8, 4) is 0 Å². The molecule has 144 valence electrons. The molecule has 0 spiro atoms. The van der Waals surface area contributed by atoms with Crippen LogP contribution in [0.5, 0.6) is 0 Å². The fraction of sp³-hybridized carbons (Fsp3) is 0.471. The van der Waals surface area contributed by atoms with E-state index in [1.54, 1.807) is 12.1 Å². The summed E-state index contributed by atoms with van der Waals surface area (Å²) in [6.45, 7) is 6.91. The molecule has 1 saturated heterocycles. The van der Waals surface area contributed by atoms with E-state index in [0.29, 0.717) is 30.2 Å². The number of rotatable bonds is 4. The van der Waals surface area contributed by atoms with Crippen molar-refractivity contribution in [1.82, 2.24) is 19.9 Å². The summed E-state index contributed by atoms with van der Waals surface area (Å²) in [5, 5.41) is 3.95. The van der Waals surface area contributed by atoms with E-state index in [2.05, 4.69) is 22.0 Å². The highest BCUT2D eigenvalue weighted by molar-refractivity contribution is 5.99. The predicted molar refractivity (Wildman–Crippen MR) is 105 cm³/mol. The molecule has 1 aliphatic rings. The molecular formula is C17H25Cl2N5O2. The van der Waals surface area contributed by atoms with Crippen molar-refractivity contribution < 1.29 is 9.32 Å². The number of nitrogens with two attached hydrogens (primary N) is 1. The van der Waals surface area contributed by atoms with Gasteiger partial charge in [0.2, 0.25) is 5.89 Å². The predicted octanol–water partition coefficient (Wildman–Crippen LogP) is 2.58. The van der Waals surface area contributed by atoms with E-state index < -0.39 is 0 Å². The summed E-state index contributed by atoms with van der Waals surface area (Å²) >= 11 is 0. The van der Waals surface area contributed by atoms with Gasteiger partial charge in [-0.3, -0.25) is 9.69 Å². The van der Waals surface area contributed by atoms with Gasteiger partial charge in [0.15, 0.2) is 5.82 Å². The van der Waals surface area contributed by atoms with Crippen LogP contribution in [-0.4, -0.2) is 52.0 Å². The van der Waals surface area contributed by atoms with Crippen molar-refractivity contribution in [1.29, 1.82) is 0 Å². The Bertz CT molecular complexity index is 717. The smallest absolute Gasteiger partial charge is 0.256 e. The zero-order chi connectivity index (χ0) is 17.1. The molecule has 2 heterocycles. The number of para-hydroxylation sites is 1. The van der Waals surface area contributed by atoms with Gasteiger partial charge in [-0.2, -0.15) is 4.98 Å². The Morgan fingerprint density at radius 1 is 1.23 bits per heavy atom. The number of piperazine rings is 1. The Balaban J connectivity index is 0.00000169. The summed E-state index contributed by atoms with van der Waals surface area (Å²) in [7, 11) is 0. The van der Waals surface area contributed by atoms with Gasteiger partial charge in [0.1, 0.15) is 0 Å². The Morgan fingerprint density at radius 3 is 2.46 bits per heavy atom. The lowest BCUT2D eigenvalue weighted by Crippen LogP contribution is -2.49. The Morgan fingerprint density at radius 2 is 1.88 bits per heavy atom. The van der Waals surface area contributed by atoms with Crippen LogP contribution in [0.15, 0.2) is 28.8 Å². The molecule has 1 aliphatic heterocycles. The maximum atomic E-state index is 12.6. The summed E-state index contributed by atoms with van der Waals surface area (Å²) < 4.78 is 5.33. The first-order valence-electron chi connectivity index (χ1n) is 8.30. The molecule has 0 radical (unpaired) electrons. The van der Waals surface area contributed by atoms with Crippen LogP contribution in [0.1, 0.15) is 42.0 Å². The standard InChI is InChI=1S/C17H23N5O2.2ClH/c1-3-15-19-16(24-20-15)12(2)21-8-10-22(11-9-21)17(23)13-6-4-5-7-14(13)18;;/h4-7,12H,3,8-11,18H2,1-2H3;2*1H. The number of aryl methyl sites for hydroxylation is 1. The molecule has 0 aliphatic carbocycles. The van der Waals surface area contributed by atoms with Gasteiger partial charge in [-0.15, -0.1) is 24.8 Å². The lowest BCUT2D eigenvalue weighted by atomic mass is 10.1. The number of benzene rings is 1. The lowest BCUT2D eigenvalue weighted by molar-refractivity contribution is 0.0552. The van der Waals surface area contributed by atoms with E-state index in [0.717, 1.165) is 25.3 Å². The molecule has 7 nitrogen and oxygen atoms in total. The highest BCUT2D eigenvalue weighted by Gasteiger charge is 2.28. The zero-order valence-corrected chi connectivity index (χ0v) is 16.6. The molecule has 1 fully saturated rings. The number of hydrogen-bond acceptors (Lipinski definition) is 6. The van der Waals surface area contributed by atoms with Crippen molar-refractivity contribution in [3.63, 3.8) is 0 Å². The molecule has 0 saturated carbocycles. The zero-order valence-electron chi connectivity index (χ0n) is 14.9. The Kier molecular flexibility index (Phi) is 8.33. The molecule has 1 amide bonds. The maximum absolute atomic E-state index is 12.6. The quantitative estimate of drug-likeness (QED) is 0.791. The molecule has 1 aromatic heterocycles. The highest BCUT2D eigenvalue weighted by atomic mass is 35.5. The molecule has 2 aromatic rings. The van der Waals surface area contributed by atoms with Crippen LogP contribution in [0.2, 0.25) is 0 Å². The van der Waals surface area contributed by atoms with Gasteiger partial charge in [0.25, 0.3) is 5.91 Å². The largest absolute Gasteiger partial charge is 0.398 e. The second-order valence-corrected chi connectivity index (χ2v) is 5.99. The van der Waals surface area contributed by atoms with Gasteiger partial charge < -0.3 is 15.2 Å². The molecule has 0 bridgehead atoms.